The average molecular weight is 290 g/mol. The van der Waals surface area contributed by atoms with E-state index in [0.29, 0.717) is 0 Å². The molecule has 0 saturated heterocycles. The summed E-state index contributed by atoms with van der Waals surface area (Å²) in [7, 11) is 0. The molecule has 5 nitrogen and oxygen atoms in total. The molecule has 0 spiro atoms. The fraction of sp³-hybridized carbons (Fsp3) is 0.500. The van der Waals surface area contributed by atoms with Gasteiger partial charge in [0.2, 0.25) is 5.91 Å². The van der Waals surface area contributed by atoms with Crippen molar-refractivity contribution in [2.75, 3.05) is 0 Å². The number of rotatable bonds is 6. The Kier molecular flexibility index (Phi) is 5.20. The Morgan fingerprint density at radius 2 is 1.90 bits per heavy atom. The molecule has 0 unspecified atom stereocenters. The van der Waals surface area contributed by atoms with Gasteiger partial charge in [-0.15, -0.1) is 0 Å². The number of ether oxygens (including phenoxy) is 1. The highest BCUT2D eigenvalue weighted by molar-refractivity contribution is 5.86. The van der Waals surface area contributed by atoms with E-state index in [9.17, 15) is 9.59 Å². The first-order chi connectivity index (χ1) is 10.1. The Morgan fingerprint density at radius 3 is 2.48 bits per heavy atom. The van der Waals surface area contributed by atoms with E-state index in [0.717, 1.165) is 18.4 Å². The van der Waals surface area contributed by atoms with Gasteiger partial charge < -0.3 is 15.4 Å². The van der Waals surface area contributed by atoms with Gasteiger partial charge in [0.1, 0.15) is 12.6 Å². The molecule has 2 N–H and O–H groups in total. The summed E-state index contributed by atoms with van der Waals surface area (Å²) in [5.74, 6) is -0.128. The van der Waals surface area contributed by atoms with E-state index in [1.807, 2.05) is 44.2 Å². The largest absolute Gasteiger partial charge is 0.445 e. The smallest absolute Gasteiger partial charge is 0.408 e. The lowest BCUT2D eigenvalue weighted by Gasteiger charge is -2.21. The van der Waals surface area contributed by atoms with Crippen LogP contribution in [-0.2, 0) is 16.1 Å². The Balaban J connectivity index is 1.81. The van der Waals surface area contributed by atoms with Gasteiger partial charge in [0, 0.05) is 6.04 Å². The molecule has 1 aliphatic carbocycles. The molecular weight excluding hydrogens is 268 g/mol. The van der Waals surface area contributed by atoms with E-state index in [4.69, 9.17) is 4.74 Å². The highest BCUT2D eigenvalue weighted by Gasteiger charge is 2.30. The Labute approximate surface area is 125 Å². The van der Waals surface area contributed by atoms with Gasteiger partial charge in [-0.3, -0.25) is 4.79 Å². The molecule has 2 amide bonds. The van der Waals surface area contributed by atoms with Gasteiger partial charge in [0.15, 0.2) is 0 Å². The molecule has 1 saturated carbocycles. The standard InChI is InChI=1S/C16H22N2O3/c1-11(2)14(15(19)17-13-8-9-13)18-16(20)21-10-12-6-4-3-5-7-12/h3-7,11,13-14H,8-10H2,1-2H3,(H,17,19)(H,18,20)/t14-/m1/s1. The maximum absolute atomic E-state index is 12.1. The fourth-order valence-corrected chi connectivity index (χ4v) is 1.95. The Morgan fingerprint density at radius 1 is 1.24 bits per heavy atom. The third-order valence-electron chi connectivity index (χ3n) is 3.36. The van der Waals surface area contributed by atoms with E-state index in [2.05, 4.69) is 10.6 Å². The Bertz CT molecular complexity index is 484. The number of amides is 2. The quantitative estimate of drug-likeness (QED) is 0.844. The van der Waals surface area contributed by atoms with Crippen molar-refractivity contribution in [1.82, 2.24) is 10.6 Å². The van der Waals surface area contributed by atoms with Crippen molar-refractivity contribution in [3.63, 3.8) is 0 Å². The van der Waals surface area contributed by atoms with E-state index >= 15 is 0 Å². The van der Waals surface area contributed by atoms with Crippen LogP contribution in [0.3, 0.4) is 0 Å². The second-order valence-corrected chi connectivity index (χ2v) is 5.71. The highest BCUT2D eigenvalue weighted by atomic mass is 16.5. The topological polar surface area (TPSA) is 67.4 Å². The van der Waals surface area contributed by atoms with Crippen LogP contribution in [-0.4, -0.2) is 24.1 Å². The number of alkyl carbamates (subject to hydrolysis) is 1. The van der Waals surface area contributed by atoms with Crippen molar-refractivity contribution in [1.29, 1.82) is 0 Å². The molecule has 0 aromatic heterocycles. The van der Waals surface area contributed by atoms with Gasteiger partial charge in [-0.25, -0.2) is 4.79 Å². The number of nitrogens with one attached hydrogen (secondary N) is 2. The summed E-state index contributed by atoms with van der Waals surface area (Å²) in [4.78, 5) is 23.9. The van der Waals surface area contributed by atoms with E-state index < -0.39 is 12.1 Å². The van der Waals surface area contributed by atoms with Gasteiger partial charge in [0.05, 0.1) is 0 Å². The minimum Gasteiger partial charge on any atom is -0.445 e. The van der Waals surface area contributed by atoms with E-state index in [1.54, 1.807) is 0 Å². The fourth-order valence-electron chi connectivity index (χ4n) is 1.95. The lowest BCUT2D eigenvalue weighted by Crippen LogP contribution is -2.50. The van der Waals surface area contributed by atoms with Crippen molar-refractivity contribution in [2.45, 2.75) is 45.4 Å². The van der Waals surface area contributed by atoms with Crippen molar-refractivity contribution in [2.24, 2.45) is 5.92 Å². The molecule has 0 aliphatic heterocycles. The molecule has 0 heterocycles. The van der Waals surface area contributed by atoms with Crippen LogP contribution < -0.4 is 10.6 Å². The molecule has 1 aromatic carbocycles. The van der Waals surface area contributed by atoms with Crippen LogP contribution in [0.4, 0.5) is 4.79 Å². The molecule has 0 radical (unpaired) electrons. The van der Waals surface area contributed by atoms with Crippen LogP contribution in [0.1, 0.15) is 32.3 Å². The zero-order chi connectivity index (χ0) is 15.2. The van der Waals surface area contributed by atoms with E-state index in [-0.39, 0.29) is 24.5 Å². The summed E-state index contributed by atoms with van der Waals surface area (Å²) in [5, 5.41) is 5.55. The van der Waals surface area contributed by atoms with Gasteiger partial charge in [-0.1, -0.05) is 44.2 Å². The number of carbonyl (C=O) groups is 2. The van der Waals surface area contributed by atoms with Gasteiger partial charge in [0.25, 0.3) is 0 Å². The van der Waals surface area contributed by atoms with Crippen molar-refractivity contribution >= 4 is 12.0 Å². The molecule has 21 heavy (non-hydrogen) atoms. The third kappa shape index (κ3) is 5.10. The van der Waals surface area contributed by atoms with Crippen LogP contribution in [0.15, 0.2) is 30.3 Å². The third-order valence-corrected chi connectivity index (χ3v) is 3.36. The lowest BCUT2D eigenvalue weighted by molar-refractivity contribution is -0.124. The van der Waals surface area contributed by atoms with E-state index in [1.165, 1.54) is 0 Å². The van der Waals surface area contributed by atoms with Crippen LogP contribution in [0.2, 0.25) is 0 Å². The van der Waals surface area contributed by atoms with Crippen molar-refractivity contribution < 1.29 is 14.3 Å². The molecule has 1 atom stereocenters. The molecule has 0 bridgehead atoms. The minimum absolute atomic E-state index is 0.00743. The summed E-state index contributed by atoms with van der Waals surface area (Å²) >= 11 is 0. The number of carbonyl (C=O) groups excluding carboxylic acids is 2. The summed E-state index contributed by atoms with van der Waals surface area (Å²) in [6.07, 6.45) is 1.48. The number of hydrogen-bond donors (Lipinski definition) is 2. The molecule has 1 aliphatic rings. The van der Waals surface area contributed by atoms with Gasteiger partial charge in [-0.2, -0.15) is 0 Å². The van der Waals surface area contributed by atoms with Crippen molar-refractivity contribution in [3.8, 4) is 0 Å². The van der Waals surface area contributed by atoms with Crippen LogP contribution in [0.25, 0.3) is 0 Å². The maximum Gasteiger partial charge on any atom is 0.408 e. The number of benzene rings is 1. The summed E-state index contributed by atoms with van der Waals surface area (Å²) in [6.45, 7) is 3.99. The average Bonchev–Trinajstić information content (AvgIpc) is 3.27. The molecule has 2 rings (SSSR count). The lowest BCUT2D eigenvalue weighted by atomic mass is 10.0. The monoisotopic (exact) mass is 290 g/mol. The molecule has 114 valence electrons. The zero-order valence-corrected chi connectivity index (χ0v) is 12.5. The predicted molar refractivity (Wildman–Crippen MR) is 79.6 cm³/mol. The second kappa shape index (κ2) is 7.11. The number of hydrogen-bond acceptors (Lipinski definition) is 3. The van der Waals surface area contributed by atoms with Crippen LogP contribution >= 0.6 is 0 Å². The Hall–Kier alpha value is -2.04. The molecule has 5 heteroatoms. The first kappa shape index (κ1) is 15.4. The summed E-state index contributed by atoms with van der Waals surface area (Å²) in [6, 6.07) is 9.16. The first-order valence-corrected chi connectivity index (χ1v) is 7.34. The molecular formula is C16H22N2O3. The zero-order valence-electron chi connectivity index (χ0n) is 12.5. The molecule has 1 aromatic rings. The first-order valence-electron chi connectivity index (χ1n) is 7.34. The van der Waals surface area contributed by atoms with Crippen LogP contribution in [0, 0.1) is 5.92 Å². The summed E-state index contributed by atoms with van der Waals surface area (Å²) < 4.78 is 5.15. The predicted octanol–water partition coefficient (Wildman–Crippen LogP) is 2.22. The van der Waals surface area contributed by atoms with Gasteiger partial charge in [-0.05, 0) is 24.3 Å². The maximum atomic E-state index is 12.1. The highest BCUT2D eigenvalue weighted by Crippen LogP contribution is 2.19. The van der Waals surface area contributed by atoms with Crippen molar-refractivity contribution in [3.05, 3.63) is 35.9 Å². The normalized spacial score (nSPS) is 15.4. The summed E-state index contributed by atoms with van der Waals surface area (Å²) in [5.41, 5.74) is 0.913. The SMILES string of the molecule is CC(C)[C@@H](NC(=O)OCc1ccccc1)C(=O)NC1CC1. The van der Waals surface area contributed by atoms with Gasteiger partial charge >= 0.3 is 6.09 Å². The minimum atomic E-state index is -0.566. The van der Waals surface area contributed by atoms with Crippen LogP contribution in [0.5, 0.6) is 0 Å². The second-order valence-electron chi connectivity index (χ2n) is 5.71. The molecule has 1 fully saturated rings.